The van der Waals surface area contributed by atoms with Gasteiger partial charge in [0.2, 0.25) is 5.13 Å². The van der Waals surface area contributed by atoms with Crippen LogP contribution in [0, 0.1) is 5.92 Å². The minimum Gasteiger partial charge on any atom is -0.484 e. The van der Waals surface area contributed by atoms with Gasteiger partial charge in [0, 0.05) is 23.9 Å². The molecule has 1 N–H and O–H groups in total. The molecule has 8 heteroatoms. The highest BCUT2D eigenvalue weighted by Crippen LogP contribution is 2.20. The molecule has 2 heterocycles. The van der Waals surface area contributed by atoms with Gasteiger partial charge < -0.3 is 9.15 Å². The number of aromatic nitrogens is 2. The first kappa shape index (κ1) is 17.1. The summed E-state index contributed by atoms with van der Waals surface area (Å²) in [5, 5.41) is 12.8. The standard InChI is InChI=1S/C17H17N3O4S/c1-10(2)7-15-19-20-17(25-15)18-14(21)9-23-12-5-3-11-4-6-16(22)24-13(11)8-12/h3-6,8,10H,7,9H2,1-2H3,(H,18,20,21). The van der Waals surface area contributed by atoms with Gasteiger partial charge in [-0.1, -0.05) is 25.2 Å². The van der Waals surface area contributed by atoms with Gasteiger partial charge in [-0.3, -0.25) is 10.1 Å². The van der Waals surface area contributed by atoms with Gasteiger partial charge in [-0.15, -0.1) is 10.2 Å². The molecule has 1 amide bonds. The Labute approximate surface area is 147 Å². The van der Waals surface area contributed by atoms with Gasteiger partial charge in [0.15, 0.2) is 6.61 Å². The van der Waals surface area contributed by atoms with E-state index in [0.29, 0.717) is 22.4 Å². The smallest absolute Gasteiger partial charge is 0.336 e. The van der Waals surface area contributed by atoms with Crippen LogP contribution in [0.3, 0.4) is 0 Å². The summed E-state index contributed by atoms with van der Waals surface area (Å²) in [4.78, 5) is 23.2. The first-order chi connectivity index (χ1) is 12.0. The number of nitrogens with one attached hydrogen (secondary N) is 1. The highest BCUT2D eigenvalue weighted by Gasteiger charge is 2.10. The number of fused-ring (bicyclic) bond motifs is 1. The molecular weight excluding hydrogens is 342 g/mol. The van der Waals surface area contributed by atoms with Crippen LogP contribution < -0.4 is 15.7 Å². The predicted octanol–water partition coefficient (Wildman–Crippen LogP) is 2.86. The van der Waals surface area contributed by atoms with Crippen LogP contribution in [0.4, 0.5) is 5.13 Å². The highest BCUT2D eigenvalue weighted by molar-refractivity contribution is 7.15. The van der Waals surface area contributed by atoms with E-state index in [1.54, 1.807) is 24.3 Å². The molecule has 0 fully saturated rings. The van der Waals surface area contributed by atoms with Gasteiger partial charge in [0.05, 0.1) is 0 Å². The molecule has 0 atom stereocenters. The molecule has 0 spiro atoms. The minimum absolute atomic E-state index is 0.179. The van der Waals surface area contributed by atoms with E-state index in [0.717, 1.165) is 16.8 Å². The van der Waals surface area contributed by atoms with E-state index in [1.165, 1.54) is 17.4 Å². The Morgan fingerprint density at radius 3 is 2.88 bits per heavy atom. The van der Waals surface area contributed by atoms with Crippen molar-refractivity contribution in [3.05, 3.63) is 45.8 Å². The topological polar surface area (TPSA) is 94.3 Å². The van der Waals surface area contributed by atoms with Crippen LogP contribution in [0.25, 0.3) is 11.0 Å². The number of ether oxygens (including phenoxy) is 1. The number of amides is 1. The molecule has 25 heavy (non-hydrogen) atoms. The molecule has 3 aromatic rings. The first-order valence-corrected chi connectivity index (χ1v) is 8.60. The van der Waals surface area contributed by atoms with Crippen LogP contribution in [-0.4, -0.2) is 22.7 Å². The van der Waals surface area contributed by atoms with Crippen LogP contribution in [0.5, 0.6) is 5.75 Å². The average molecular weight is 359 g/mol. The largest absolute Gasteiger partial charge is 0.484 e. The van der Waals surface area contributed by atoms with Gasteiger partial charge >= 0.3 is 5.63 Å². The Morgan fingerprint density at radius 2 is 2.08 bits per heavy atom. The molecule has 0 aliphatic heterocycles. The van der Waals surface area contributed by atoms with Crippen molar-refractivity contribution < 1.29 is 13.9 Å². The fraction of sp³-hybridized carbons (Fsp3) is 0.294. The highest BCUT2D eigenvalue weighted by atomic mass is 32.1. The Kier molecular flexibility index (Phi) is 5.08. The first-order valence-electron chi connectivity index (χ1n) is 7.78. The lowest BCUT2D eigenvalue weighted by Gasteiger charge is -2.06. The quantitative estimate of drug-likeness (QED) is 0.680. The zero-order chi connectivity index (χ0) is 17.8. The van der Waals surface area contributed by atoms with Crippen molar-refractivity contribution in [1.82, 2.24) is 10.2 Å². The molecule has 0 saturated carbocycles. The molecule has 2 aromatic heterocycles. The van der Waals surface area contributed by atoms with Crippen LogP contribution in [-0.2, 0) is 11.2 Å². The Balaban J connectivity index is 1.58. The van der Waals surface area contributed by atoms with Crippen LogP contribution in [0.2, 0.25) is 0 Å². The Bertz CT molecular complexity index is 948. The van der Waals surface area contributed by atoms with Crippen LogP contribution in [0.15, 0.2) is 39.5 Å². The lowest BCUT2D eigenvalue weighted by Crippen LogP contribution is -2.20. The fourth-order valence-electron chi connectivity index (χ4n) is 2.17. The van der Waals surface area contributed by atoms with Gasteiger partial charge in [0.25, 0.3) is 5.91 Å². The molecule has 0 bridgehead atoms. The van der Waals surface area contributed by atoms with Crippen molar-refractivity contribution in [2.75, 3.05) is 11.9 Å². The summed E-state index contributed by atoms with van der Waals surface area (Å²) in [6.45, 7) is 4.01. The summed E-state index contributed by atoms with van der Waals surface area (Å²) in [7, 11) is 0. The second-order valence-corrected chi connectivity index (χ2v) is 6.95. The van der Waals surface area contributed by atoms with Crippen molar-refractivity contribution in [2.24, 2.45) is 5.92 Å². The number of benzene rings is 1. The third-order valence-electron chi connectivity index (χ3n) is 3.26. The molecule has 0 aliphatic carbocycles. The van der Waals surface area contributed by atoms with Crippen LogP contribution >= 0.6 is 11.3 Å². The van der Waals surface area contributed by atoms with Gasteiger partial charge in [-0.25, -0.2) is 4.79 Å². The maximum atomic E-state index is 12.0. The van der Waals surface area contributed by atoms with E-state index >= 15 is 0 Å². The number of hydrogen-bond donors (Lipinski definition) is 1. The van der Waals surface area contributed by atoms with Gasteiger partial charge in [-0.05, 0) is 24.1 Å². The molecule has 0 radical (unpaired) electrons. The molecule has 0 aliphatic rings. The van der Waals surface area contributed by atoms with Crippen molar-refractivity contribution in [2.45, 2.75) is 20.3 Å². The maximum absolute atomic E-state index is 12.0. The second kappa shape index (κ2) is 7.43. The second-order valence-electron chi connectivity index (χ2n) is 5.89. The molecule has 0 saturated heterocycles. The third kappa shape index (κ3) is 4.63. The molecule has 1 aromatic carbocycles. The zero-order valence-corrected chi connectivity index (χ0v) is 14.6. The SMILES string of the molecule is CC(C)Cc1nnc(NC(=O)COc2ccc3ccc(=O)oc3c2)s1. The van der Waals surface area contributed by atoms with Gasteiger partial charge in [-0.2, -0.15) is 0 Å². The summed E-state index contributed by atoms with van der Waals surface area (Å²) in [6.07, 6.45) is 0.826. The van der Waals surface area contributed by atoms with E-state index < -0.39 is 5.63 Å². The number of rotatable bonds is 6. The summed E-state index contributed by atoms with van der Waals surface area (Å²) < 4.78 is 10.5. The Hall–Kier alpha value is -2.74. The maximum Gasteiger partial charge on any atom is 0.336 e. The summed E-state index contributed by atoms with van der Waals surface area (Å²) in [5.74, 6) is 0.587. The number of carbonyl (C=O) groups excluding carboxylic acids is 1. The summed E-state index contributed by atoms with van der Waals surface area (Å²) in [6, 6.07) is 8.07. The van der Waals surface area contributed by atoms with Crippen molar-refractivity contribution in [3.8, 4) is 5.75 Å². The fourth-order valence-corrected chi connectivity index (χ4v) is 3.14. The lowest BCUT2D eigenvalue weighted by molar-refractivity contribution is -0.118. The van der Waals surface area contributed by atoms with Crippen molar-refractivity contribution >= 4 is 33.3 Å². The number of nitrogens with zero attached hydrogens (tertiary/aromatic N) is 2. The molecule has 7 nitrogen and oxygen atoms in total. The number of anilines is 1. The zero-order valence-electron chi connectivity index (χ0n) is 13.8. The van der Waals surface area contributed by atoms with E-state index in [-0.39, 0.29) is 12.5 Å². The monoisotopic (exact) mass is 359 g/mol. The minimum atomic E-state index is -0.434. The van der Waals surface area contributed by atoms with Crippen LogP contribution in [0.1, 0.15) is 18.9 Å². The predicted molar refractivity (Wildman–Crippen MR) is 95.1 cm³/mol. The molecule has 3 rings (SSSR count). The average Bonchev–Trinajstić information content (AvgIpc) is 2.98. The summed E-state index contributed by atoms with van der Waals surface area (Å²) >= 11 is 1.36. The van der Waals surface area contributed by atoms with E-state index in [1.807, 2.05) is 0 Å². The number of carbonyl (C=O) groups is 1. The number of hydrogen-bond acceptors (Lipinski definition) is 7. The normalized spacial score (nSPS) is 11.0. The molecular formula is C17H17N3O4S. The molecule has 130 valence electrons. The van der Waals surface area contributed by atoms with E-state index in [9.17, 15) is 9.59 Å². The van der Waals surface area contributed by atoms with Gasteiger partial charge in [0.1, 0.15) is 16.3 Å². The Morgan fingerprint density at radius 1 is 1.28 bits per heavy atom. The molecule has 0 unspecified atom stereocenters. The lowest BCUT2D eigenvalue weighted by atomic mass is 10.1. The van der Waals surface area contributed by atoms with E-state index in [2.05, 4.69) is 29.4 Å². The van der Waals surface area contributed by atoms with Crippen molar-refractivity contribution in [3.63, 3.8) is 0 Å². The van der Waals surface area contributed by atoms with Crippen molar-refractivity contribution in [1.29, 1.82) is 0 Å². The summed E-state index contributed by atoms with van der Waals surface area (Å²) in [5.41, 5.74) is -0.0243. The third-order valence-corrected chi connectivity index (χ3v) is 4.12. The van der Waals surface area contributed by atoms with E-state index in [4.69, 9.17) is 9.15 Å².